The SMILES string of the molecule is CCC(C)C(NC(=O)OCc1ccccc1)C(=O)NCCCCCCCCNC(=O)C(NC(=O)OCc1ccccc1)C(C)CC. The van der Waals surface area contributed by atoms with E-state index in [-0.39, 0.29) is 36.9 Å². The minimum Gasteiger partial charge on any atom is -0.445 e. The zero-order chi connectivity index (χ0) is 33.6. The van der Waals surface area contributed by atoms with Crippen LogP contribution in [-0.4, -0.2) is 49.2 Å². The third-order valence-electron chi connectivity index (χ3n) is 8.17. The summed E-state index contributed by atoms with van der Waals surface area (Å²) < 4.78 is 10.6. The summed E-state index contributed by atoms with van der Waals surface area (Å²) in [6.07, 6.45) is 5.95. The number of rotatable bonds is 21. The van der Waals surface area contributed by atoms with Crippen molar-refractivity contribution in [3.8, 4) is 0 Å². The number of carbonyl (C=O) groups excluding carboxylic acids is 4. The highest BCUT2D eigenvalue weighted by atomic mass is 16.6. The highest BCUT2D eigenvalue weighted by molar-refractivity contribution is 5.86. The molecule has 0 spiro atoms. The molecule has 0 heterocycles. The Morgan fingerprint density at radius 1 is 0.565 bits per heavy atom. The maximum atomic E-state index is 12.8. The lowest BCUT2D eigenvalue weighted by molar-refractivity contribution is -0.125. The minimum atomic E-state index is -0.654. The molecule has 0 fully saturated rings. The molecule has 0 radical (unpaired) electrons. The zero-order valence-electron chi connectivity index (χ0n) is 28.0. The van der Waals surface area contributed by atoms with Crippen LogP contribution in [0.15, 0.2) is 60.7 Å². The number of alkyl carbamates (subject to hydrolysis) is 2. The monoisotopic (exact) mass is 638 g/mol. The second-order valence-electron chi connectivity index (χ2n) is 11.8. The lowest BCUT2D eigenvalue weighted by Crippen LogP contribution is -2.50. The molecule has 46 heavy (non-hydrogen) atoms. The van der Waals surface area contributed by atoms with E-state index in [2.05, 4.69) is 21.3 Å². The molecule has 10 nitrogen and oxygen atoms in total. The van der Waals surface area contributed by atoms with Gasteiger partial charge in [-0.3, -0.25) is 9.59 Å². The molecule has 0 aliphatic rings. The summed E-state index contributed by atoms with van der Waals surface area (Å²) in [5, 5.41) is 11.4. The van der Waals surface area contributed by atoms with Gasteiger partial charge in [0.05, 0.1) is 0 Å². The van der Waals surface area contributed by atoms with Crippen molar-refractivity contribution in [2.75, 3.05) is 13.1 Å². The topological polar surface area (TPSA) is 135 Å². The van der Waals surface area contributed by atoms with E-state index in [0.717, 1.165) is 62.5 Å². The van der Waals surface area contributed by atoms with Gasteiger partial charge in [0.2, 0.25) is 11.8 Å². The van der Waals surface area contributed by atoms with Crippen molar-refractivity contribution in [1.82, 2.24) is 21.3 Å². The number of nitrogens with one attached hydrogen (secondary N) is 4. The summed E-state index contributed by atoms with van der Waals surface area (Å²) in [6, 6.07) is 17.5. The maximum Gasteiger partial charge on any atom is 0.408 e. The molecule has 0 aliphatic carbocycles. The summed E-state index contributed by atoms with van der Waals surface area (Å²) in [4.78, 5) is 50.3. The largest absolute Gasteiger partial charge is 0.445 e. The van der Waals surface area contributed by atoms with Crippen molar-refractivity contribution in [3.63, 3.8) is 0 Å². The molecule has 0 saturated carbocycles. The van der Waals surface area contributed by atoms with Crippen LogP contribution in [-0.2, 0) is 32.3 Å². The summed E-state index contributed by atoms with van der Waals surface area (Å²) in [5.74, 6) is -0.461. The average molecular weight is 639 g/mol. The van der Waals surface area contributed by atoms with Crippen molar-refractivity contribution in [1.29, 1.82) is 0 Å². The fourth-order valence-electron chi connectivity index (χ4n) is 4.79. The lowest BCUT2D eigenvalue weighted by atomic mass is 9.98. The summed E-state index contributed by atoms with van der Waals surface area (Å²) in [5.41, 5.74) is 1.77. The standard InChI is InChI=1S/C36H54N4O6/c1-5-27(3)31(39-35(43)45-25-29-19-13-11-14-20-29)33(41)37-23-17-9-7-8-10-18-24-38-34(42)32(28(4)6-2)40-36(44)46-26-30-21-15-12-16-22-30/h11-16,19-22,27-28,31-32H,5-10,17-18,23-26H2,1-4H3,(H,37,41)(H,38,42)(H,39,43)(H,40,44). The molecule has 10 heteroatoms. The number of unbranched alkanes of at least 4 members (excludes halogenated alkanes) is 5. The van der Waals surface area contributed by atoms with E-state index in [1.165, 1.54) is 0 Å². The molecule has 4 N–H and O–H groups in total. The number of amides is 4. The van der Waals surface area contributed by atoms with Gasteiger partial charge in [-0.1, -0.05) is 127 Å². The highest BCUT2D eigenvalue weighted by Crippen LogP contribution is 2.11. The quantitative estimate of drug-likeness (QED) is 0.120. The number of carbonyl (C=O) groups is 4. The van der Waals surface area contributed by atoms with E-state index in [1.54, 1.807) is 0 Å². The first-order valence-corrected chi connectivity index (χ1v) is 16.7. The predicted molar refractivity (Wildman–Crippen MR) is 180 cm³/mol. The lowest BCUT2D eigenvalue weighted by Gasteiger charge is -2.23. The molecule has 0 saturated heterocycles. The molecule has 2 aromatic carbocycles. The third-order valence-corrected chi connectivity index (χ3v) is 8.17. The van der Waals surface area contributed by atoms with Crippen LogP contribution >= 0.6 is 0 Å². The van der Waals surface area contributed by atoms with Crippen molar-refractivity contribution in [3.05, 3.63) is 71.8 Å². The van der Waals surface area contributed by atoms with Crippen LogP contribution < -0.4 is 21.3 Å². The molecule has 4 amide bonds. The van der Waals surface area contributed by atoms with E-state index in [4.69, 9.17) is 9.47 Å². The van der Waals surface area contributed by atoms with E-state index >= 15 is 0 Å². The second-order valence-corrected chi connectivity index (χ2v) is 11.8. The summed E-state index contributed by atoms with van der Waals surface area (Å²) in [6.45, 7) is 9.22. The Balaban J connectivity index is 1.58. The first-order chi connectivity index (χ1) is 22.2. The van der Waals surface area contributed by atoms with E-state index in [1.807, 2.05) is 88.4 Å². The molecule has 2 rings (SSSR count). The second kappa shape index (κ2) is 22.4. The molecule has 0 aromatic heterocycles. The highest BCUT2D eigenvalue weighted by Gasteiger charge is 2.27. The third kappa shape index (κ3) is 15.3. The van der Waals surface area contributed by atoms with Crippen molar-refractivity contribution >= 4 is 24.0 Å². The fraction of sp³-hybridized carbons (Fsp3) is 0.556. The van der Waals surface area contributed by atoms with Gasteiger partial charge in [0, 0.05) is 13.1 Å². The minimum absolute atomic E-state index is 0.0329. The Labute approximate surface area is 274 Å². The van der Waals surface area contributed by atoms with Crippen molar-refractivity contribution in [2.24, 2.45) is 11.8 Å². The fourth-order valence-corrected chi connectivity index (χ4v) is 4.79. The number of ether oxygens (including phenoxy) is 2. The van der Waals surface area contributed by atoms with Gasteiger partial charge in [-0.2, -0.15) is 0 Å². The van der Waals surface area contributed by atoms with Crippen LogP contribution in [0.2, 0.25) is 0 Å². The molecular formula is C36H54N4O6. The van der Waals surface area contributed by atoms with E-state index in [9.17, 15) is 19.2 Å². The molecule has 4 unspecified atom stereocenters. The number of hydrogen-bond acceptors (Lipinski definition) is 6. The molecule has 254 valence electrons. The van der Waals surface area contributed by atoms with Gasteiger partial charge < -0.3 is 30.7 Å². The maximum absolute atomic E-state index is 12.8. The number of benzene rings is 2. The van der Waals surface area contributed by atoms with Crippen molar-refractivity contribution in [2.45, 2.75) is 104 Å². The van der Waals surface area contributed by atoms with Crippen LogP contribution in [0, 0.1) is 11.8 Å². The van der Waals surface area contributed by atoms with Gasteiger partial charge in [-0.05, 0) is 35.8 Å². The molecular weight excluding hydrogens is 584 g/mol. The average Bonchev–Trinajstić information content (AvgIpc) is 3.08. The zero-order valence-corrected chi connectivity index (χ0v) is 28.0. The Bertz CT molecular complexity index is 1070. The first kappa shape index (κ1) is 38.1. The van der Waals surface area contributed by atoms with Gasteiger partial charge >= 0.3 is 12.2 Å². The first-order valence-electron chi connectivity index (χ1n) is 16.7. The smallest absolute Gasteiger partial charge is 0.408 e. The molecule has 0 bridgehead atoms. The summed E-state index contributed by atoms with van der Waals surface area (Å²) in [7, 11) is 0. The molecule has 4 atom stereocenters. The van der Waals surface area contributed by atoms with Crippen molar-refractivity contribution < 1.29 is 28.7 Å². The normalized spacial score (nSPS) is 13.4. The van der Waals surface area contributed by atoms with E-state index < -0.39 is 24.3 Å². The van der Waals surface area contributed by atoms with Gasteiger partial charge in [-0.15, -0.1) is 0 Å². The van der Waals surface area contributed by atoms with Gasteiger partial charge in [-0.25, -0.2) is 9.59 Å². The Hall–Kier alpha value is -4.08. The van der Waals surface area contributed by atoms with Gasteiger partial charge in [0.15, 0.2) is 0 Å². The van der Waals surface area contributed by atoms with Crippen LogP contribution in [0.25, 0.3) is 0 Å². The Kier molecular flexibility index (Phi) is 18.6. The van der Waals surface area contributed by atoms with Gasteiger partial charge in [0.1, 0.15) is 25.3 Å². The summed E-state index contributed by atoms with van der Waals surface area (Å²) >= 11 is 0. The van der Waals surface area contributed by atoms with E-state index in [0.29, 0.717) is 13.1 Å². The van der Waals surface area contributed by atoms with Crippen LogP contribution in [0.5, 0.6) is 0 Å². The Morgan fingerprint density at radius 2 is 0.913 bits per heavy atom. The van der Waals surface area contributed by atoms with Gasteiger partial charge in [0.25, 0.3) is 0 Å². The van der Waals surface area contributed by atoms with Crippen LogP contribution in [0.4, 0.5) is 9.59 Å². The van der Waals surface area contributed by atoms with Crippen LogP contribution in [0.3, 0.4) is 0 Å². The Morgan fingerprint density at radius 3 is 1.26 bits per heavy atom. The molecule has 0 aliphatic heterocycles. The van der Waals surface area contributed by atoms with Crippen LogP contribution in [0.1, 0.15) is 90.2 Å². The number of hydrogen-bond donors (Lipinski definition) is 4. The molecule has 2 aromatic rings. The predicted octanol–water partition coefficient (Wildman–Crippen LogP) is 6.24.